The summed E-state index contributed by atoms with van der Waals surface area (Å²) in [6.45, 7) is 0.903. The Morgan fingerprint density at radius 2 is 1.76 bits per heavy atom. The Morgan fingerprint density at radius 3 is 2.38 bits per heavy atom. The highest BCUT2D eigenvalue weighted by Gasteiger charge is 2.39. The molecule has 8 nitrogen and oxygen atoms in total. The molecular formula is C21H25NO7. The molecule has 0 saturated heterocycles. The van der Waals surface area contributed by atoms with Crippen molar-refractivity contribution in [1.82, 2.24) is 4.90 Å². The number of methoxy groups -OCH3 is 3. The molecule has 1 aliphatic heterocycles. The van der Waals surface area contributed by atoms with Crippen molar-refractivity contribution >= 4 is 12.2 Å². The van der Waals surface area contributed by atoms with Gasteiger partial charge in [0.25, 0.3) is 0 Å². The van der Waals surface area contributed by atoms with E-state index in [4.69, 9.17) is 23.7 Å². The van der Waals surface area contributed by atoms with Crippen LogP contribution >= 0.6 is 0 Å². The molecule has 156 valence electrons. The van der Waals surface area contributed by atoms with Crippen molar-refractivity contribution in [3.8, 4) is 17.2 Å². The molecule has 29 heavy (non-hydrogen) atoms. The molecule has 1 aliphatic carbocycles. The van der Waals surface area contributed by atoms with Crippen LogP contribution in [0.4, 0.5) is 0 Å². The van der Waals surface area contributed by atoms with E-state index in [2.05, 4.69) is 0 Å². The van der Waals surface area contributed by atoms with Crippen LogP contribution in [-0.4, -0.2) is 58.6 Å². The minimum atomic E-state index is -0.628. The number of allylic oxidation sites excluding steroid dienone is 4. The van der Waals surface area contributed by atoms with Gasteiger partial charge in [0, 0.05) is 38.3 Å². The molecule has 1 aromatic rings. The van der Waals surface area contributed by atoms with Gasteiger partial charge in [-0.05, 0) is 30.2 Å². The van der Waals surface area contributed by atoms with Crippen molar-refractivity contribution in [2.24, 2.45) is 0 Å². The first kappa shape index (κ1) is 20.9. The van der Waals surface area contributed by atoms with Crippen LogP contribution < -0.4 is 14.2 Å². The third kappa shape index (κ3) is 4.13. The fourth-order valence-corrected chi connectivity index (χ4v) is 3.73. The lowest BCUT2D eigenvalue weighted by atomic mass is 9.73. The lowest BCUT2D eigenvalue weighted by molar-refractivity contribution is -0.118. The summed E-state index contributed by atoms with van der Waals surface area (Å²) in [4.78, 5) is 25.1. The maximum atomic E-state index is 11.8. The highest BCUT2D eigenvalue weighted by molar-refractivity contribution is 6.01. The van der Waals surface area contributed by atoms with Crippen molar-refractivity contribution in [1.29, 1.82) is 0 Å². The molecule has 0 aromatic heterocycles. The number of ether oxygens (including phenoxy) is 5. The Labute approximate surface area is 169 Å². The molecule has 1 aromatic carbocycles. The van der Waals surface area contributed by atoms with E-state index >= 15 is 0 Å². The lowest BCUT2D eigenvalue weighted by Crippen LogP contribution is -2.28. The van der Waals surface area contributed by atoms with E-state index in [0.29, 0.717) is 36.8 Å². The zero-order valence-electron chi connectivity index (χ0n) is 16.8. The number of rotatable bonds is 8. The summed E-state index contributed by atoms with van der Waals surface area (Å²) in [7, 11) is 4.58. The summed E-state index contributed by atoms with van der Waals surface area (Å²) >= 11 is 0. The number of ketones is 1. The van der Waals surface area contributed by atoms with Crippen LogP contribution in [0.25, 0.3) is 0 Å². The summed E-state index contributed by atoms with van der Waals surface area (Å²) in [6, 6.07) is 1.83. The normalized spacial score (nSPS) is 17.1. The van der Waals surface area contributed by atoms with Crippen molar-refractivity contribution in [2.75, 3.05) is 41.5 Å². The molecule has 0 radical (unpaired) electrons. The van der Waals surface area contributed by atoms with Crippen molar-refractivity contribution in [3.05, 3.63) is 41.5 Å². The van der Waals surface area contributed by atoms with E-state index in [1.807, 2.05) is 18.2 Å². The number of fused-ring (bicyclic) bond motifs is 2. The first-order valence-electron chi connectivity index (χ1n) is 9.18. The van der Waals surface area contributed by atoms with E-state index in [0.717, 1.165) is 17.5 Å². The number of amides is 1. The molecular weight excluding hydrogens is 378 g/mol. The van der Waals surface area contributed by atoms with Crippen LogP contribution in [0.5, 0.6) is 17.2 Å². The van der Waals surface area contributed by atoms with Gasteiger partial charge in [0.1, 0.15) is 0 Å². The van der Waals surface area contributed by atoms with E-state index in [1.165, 1.54) is 21.3 Å². The van der Waals surface area contributed by atoms with Crippen molar-refractivity contribution in [3.63, 3.8) is 0 Å². The summed E-state index contributed by atoms with van der Waals surface area (Å²) in [5.74, 6) is 1.20. The van der Waals surface area contributed by atoms with Crippen molar-refractivity contribution in [2.45, 2.75) is 18.4 Å². The van der Waals surface area contributed by atoms with Gasteiger partial charge in [0.15, 0.2) is 30.9 Å². The molecule has 0 saturated carbocycles. The second kappa shape index (κ2) is 9.11. The van der Waals surface area contributed by atoms with Crippen LogP contribution in [0.3, 0.4) is 0 Å². The third-order valence-electron chi connectivity index (χ3n) is 5.03. The van der Waals surface area contributed by atoms with Crippen LogP contribution in [0.2, 0.25) is 0 Å². The molecule has 2 aliphatic rings. The molecule has 0 bridgehead atoms. The van der Waals surface area contributed by atoms with Gasteiger partial charge in [0.05, 0.1) is 7.11 Å². The number of carbonyl (C=O) groups is 2. The molecule has 0 fully saturated rings. The average Bonchev–Trinajstić information content (AvgIpc) is 2.89. The highest BCUT2D eigenvalue weighted by atomic mass is 16.7. The van der Waals surface area contributed by atoms with Gasteiger partial charge in [-0.1, -0.05) is 12.2 Å². The smallest absolute Gasteiger partial charge is 0.210 e. The molecule has 0 unspecified atom stereocenters. The number of carbonyl (C=O) groups excluding carboxylic acids is 2. The number of nitrogens with zero attached hydrogens (tertiary/aromatic N) is 1. The highest BCUT2D eigenvalue weighted by Crippen LogP contribution is 2.51. The Hall–Kier alpha value is -2.84. The van der Waals surface area contributed by atoms with E-state index < -0.39 is 5.41 Å². The van der Waals surface area contributed by atoms with Crippen LogP contribution in [0.15, 0.2) is 30.4 Å². The average molecular weight is 403 g/mol. The number of hydrogen-bond acceptors (Lipinski definition) is 7. The minimum absolute atomic E-state index is 0.00361. The second-order valence-corrected chi connectivity index (χ2v) is 6.81. The van der Waals surface area contributed by atoms with Crippen LogP contribution in [0.1, 0.15) is 17.5 Å². The largest absolute Gasteiger partial charge is 0.490 e. The Kier molecular flexibility index (Phi) is 6.56. The van der Waals surface area contributed by atoms with E-state index in [9.17, 15) is 9.59 Å². The summed E-state index contributed by atoms with van der Waals surface area (Å²) in [6.07, 6.45) is 8.21. The molecule has 1 spiro atoms. The molecule has 1 heterocycles. The summed E-state index contributed by atoms with van der Waals surface area (Å²) < 4.78 is 27.4. The Morgan fingerprint density at radius 1 is 1.07 bits per heavy atom. The quantitative estimate of drug-likeness (QED) is 0.485. The second-order valence-electron chi connectivity index (χ2n) is 6.81. The fraction of sp³-hybridized carbons (Fsp3) is 0.429. The standard InChI is InChI=1S/C21H25NO7/c1-25-13-28-17-10-15-11-22(12-23)9-8-21(6-4-16(24)5-7-21)18(15)20(19(17)27-3)29-14-26-2/h4-7,10,12H,8-9,11,13-14H2,1-3H3. The van der Waals surface area contributed by atoms with Crippen LogP contribution in [-0.2, 0) is 31.0 Å². The lowest BCUT2D eigenvalue weighted by Gasteiger charge is -2.32. The van der Waals surface area contributed by atoms with E-state index in [-0.39, 0.29) is 19.4 Å². The van der Waals surface area contributed by atoms with Gasteiger partial charge in [-0.2, -0.15) is 0 Å². The van der Waals surface area contributed by atoms with Gasteiger partial charge in [-0.15, -0.1) is 0 Å². The Bertz CT molecular complexity index is 815. The minimum Gasteiger partial charge on any atom is -0.490 e. The van der Waals surface area contributed by atoms with Gasteiger partial charge in [-0.3, -0.25) is 9.59 Å². The SMILES string of the molecule is COCOc1cc2c(c(OCOC)c1OC)C1(C=CC(=O)C=C1)CCN(C=O)C2. The first-order valence-corrected chi connectivity index (χ1v) is 9.18. The number of hydrogen-bond donors (Lipinski definition) is 0. The molecule has 1 amide bonds. The monoisotopic (exact) mass is 403 g/mol. The third-order valence-corrected chi connectivity index (χ3v) is 5.03. The molecule has 3 rings (SSSR count). The van der Waals surface area contributed by atoms with Gasteiger partial charge in [-0.25, -0.2) is 0 Å². The first-order chi connectivity index (χ1) is 14.1. The molecule has 0 atom stereocenters. The molecule has 0 N–H and O–H groups in total. The topological polar surface area (TPSA) is 83.5 Å². The predicted molar refractivity (Wildman–Crippen MR) is 104 cm³/mol. The van der Waals surface area contributed by atoms with Gasteiger partial charge in [0.2, 0.25) is 12.2 Å². The Balaban J connectivity index is 2.26. The van der Waals surface area contributed by atoms with E-state index in [1.54, 1.807) is 17.1 Å². The van der Waals surface area contributed by atoms with Gasteiger partial charge >= 0.3 is 0 Å². The maximum absolute atomic E-state index is 11.8. The maximum Gasteiger partial charge on any atom is 0.210 e. The number of benzene rings is 1. The fourth-order valence-electron chi connectivity index (χ4n) is 3.73. The zero-order valence-corrected chi connectivity index (χ0v) is 16.8. The molecule has 8 heteroatoms. The summed E-state index contributed by atoms with van der Waals surface area (Å²) in [5.41, 5.74) is 1.02. The van der Waals surface area contributed by atoms with Crippen molar-refractivity contribution < 1.29 is 33.3 Å². The van der Waals surface area contributed by atoms with Gasteiger partial charge < -0.3 is 28.6 Å². The summed E-state index contributed by atoms with van der Waals surface area (Å²) in [5, 5.41) is 0. The zero-order chi connectivity index (χ0) is 20.9. The predicted octanol–water partition coefficient (Wildman–Crippen LogP) is 1.96. The van der Waals surface area contributed by atoms with Crippen LogP contribution in [0, 0.1) is 0 Å².